The molecule has 1 aliphatic heterocycles. The van der Waals surface area contributed by atoms with E-state index in [4.69, 9.17) is 27.9 Å². The number of benzene rings is 2. The molecule has 7 nitrogen and oxygen atoms in total. The van der Waals surface area contributed by atoms with Crippen molar-refractivity contribution in [1.82, 2.24) is 5.32 Å². The molecular formula is C22H16BrCl2N3O4S. The second-order valence-corrected chi connectivity index (χ2v) is 9.50. The van der Waals surface area contributed by atoms with E-state index < -0.39 is 29.6 Å². The van der Waals surface area contributed by atoms with Crippen molar-refractivity contribution in [3.8, 4) is 6.07 Å². The van der Waals surface area contributed by atoms with E-state index >= 15 is 0 Å². The van der Waals surface area contributed by atoms with Crippen LogP contribution in [0.4, 0.5) is 5.69 Å². The average Bonchev–Trinajstić information content (AvgIpc) is 2.79. The number of hydrogen-bond donors (Lipinski definition) is 2. The lowest BCUT2D eigenvalue weighted by Crippen LogP contribution is -2.44. The van der Waals surface area contributed by atoms with Crippen molar-refractivity contribution in [1.29, 1.82) is 5.26 Å². The van der Waals surface area contributed by atoms with E-state index in [2.05, 4.69) is 32.6 Å². The minimum Gasteiger partial charge on any atom is -0.468 e. The Bertz CT molecular complexity index is 1200. The van der Waals surface area contributed by atoms with E-state index in [1.165, 1.54) is 7.11 Å². The zero-order valence-electron chi connectivity index (χ0n) is 17.0. The molecule has 0 radical (unpaired) electrons. The highest BCUT2D eigenvalue weighted by atomic mass is 79.9. The third-order valence-corrected chi connectivity index (χ3v) is 7.09. The van der Waals surface area contributed by atoms with Crippen molar-refractivity contribution in [3.63, 3.8) is 0 Å². The fraction of sp³-hybridized carbons (Fsp3) is 0.182. The van der Waals surface area contributed by atoms with Crippen LogP contribution in [0.1, 0.15) is 11.5 Å². The number of ether oxygens (including phenoxy) is 1. The van der Waals surface area contributed by atoms with E-state index in [0.717, 1.165) is 16.2 Å². The van der Waals surface area contributed by atoms with Gasteiger partial charge in [-0.1, -0.05) is 69.1 Å². The summed E-state index contributed by atoms with van der Waals surface area (Å²) in [5.74, 6) is -4.05. The number of amides is 2. The first-order valence-corrected chi connectivity index (χ1v) is 11.9. The van der Waals surface area contributed by atoms with Crippen LogP contribution in [-0.4, -0.2) is 30.6 Å². The van der Waals surface area contributed by atoms with E-state index in [0.29, 0.717) is 16.3 Å². The van der Waals surface area contributed by atoms with Crippen LogP contribution in [0.5, 0.6) is 0 Å². The molecule has 1 heterocycles. The van der Waals surface area contributed by atoms with Crippen LogP contribution in [0.15, 0.2) is 57.5 Å². The van der Waals surface area contributed by atoms with Gasteiger partial charge in [0, 0.05) is 10.4 Å². The third-order valence-electron chi connectivity index (χ3n) is 4.76. The summed E-state index contributed by atoms with van der Waals surface area (Å²) in [6.45, 7) is 0. The molecule has 0 spiro atoms. The number of carbonyl (C=O) groups excluding carboxylic acids is 3. The van der Waals surface area contributed by atoms with Gasteiger partial charge in [-0.25, -0.2) is 0 Å². The van der Waals surface area contributed by atoms with Crippen molar-refractivity contribution < 1.29 is 19.1 Å². The lowest BCUT2D eigenvalue weighted by Gasteiger charge is -2.31. The SMILES string of the molecule is COC(=O)[C@H]1C(=O)NC(SCC(=O)Nc2cccc(Cl)c2Cl)=C(C#N)[C@H]1c1cccc(Br)c1. The second-order valence-electron chi connectivity index (χ2n) is 6.82. The molecule has 1 aliphatic rings. The van der Waals surface area contributed by atoms with E-state index in [-0.39, 0.29) is 21.4 Å². The molecule has 0 bridgehead atoms. The molecule has 0 unspecified atom stereocenters. The summed E-state index contributed by atoms with van der Waals surface area (Å²) >= 11 is 16.4. The van der Waals surface area contributed by atoms with Gasteiger partial charge in [0.2, 0.25) is 11.8 Å². The fourth-order valence-corrected chi connectivity index (χ4v) is 4.92. The number of hydrogen-bond acceptors (Lipinski definition) is 6. The number of halogens is 3. The molecule has 2 amide bonds. The zero-order valence-corrected chi connectivity index (χ0v) is 20.9. The highest BCUT2D eigenvalue weighted by Gasteiger charge is 2.44. The van der Waals surface area contributed by atoms with Crippen LogP contribution in [0.2, 0.25) is 10.0 Å². The Kier molecular flexibility index (Phi) is 8.43. The van der Waals surface area contributed by atoms with Gasteiger partial charge >= 0.3 is 5.97 Å². The monoisotopic (exact) mass is 567 g/mol. The molecule has 2 aromatic rings. The first-order valence-electron chi connectivity index (χ1n) is 9.42. The van der Waals surface area contributed by atoms with Crippen LogP contribution < -0.4 is 10.6 Å². The minimum atomic E-state index is -1.25. The number of esters is 1. The summed E-state index contributed by atoms with van der Waals surface area (Å²) in [6, 6.07) is 13.9. The van der Waals surface area contributed by atoms with Gasteiger partial charge in [-0.15, -0.1) is 0 Å². The van der Waals surface area contributed by atoms with Crippen molar-refractivity contribution in [3.05, 3.63) is 73.1 Å². The lowest BCUT2D eigenvalue weighted by molar-refractivity contribution is -0.150. The molecule has 2 atom stereocenters. The number of nitrogens with one attached hydrogen (secondary N) is 2. The van der Waals surface area contributed by atoms with E-state index in [1.54, 1.807) is 42.5 Å². The molecule has 0 aromatic heterocycles. The molecule has 0 fully saturated rings. The summed E-state index contributed by atoms with van der Waals surface area (Å²) in [4.78, 5) is 37.7. The molecule has 2 N–H and O–H groups in total. The van der Waals surface area contributed by atoms with Crippen LogP contribution in [0.3, 0.4) is 0 Å². The Morgan fingerprint density at radius 1 is 1.27 bits per heavy atom. The number of anilines is 1. The molecule has 0 saturated heterocycles. The molecule has 3 rings (SSSR count). The van der Waals surface area contributed by atoms with Gasteiger partial charge in [0.15, 0.2) is 0 Å². The number of methoxy groups -OCH3 is 1. The molecule has 33 heavy (non-hydrogen) atoms. The van der Waals surface area contributed by atoms with Crippen LogP contribution in [-0.2, 0) is 19.1 Å². The number of nitrogens with zero attached hydrogens (tertiary/aromatic N) is 1. The second kappa shape index (κ2) is 11.1. The maximum Gasteiger partial charge on any atom is 0.319 e. The zero-order chi connectivity index (χ0) is 24.1. The van der Waals surface area contributed by atoms with Crippen LogP contribution >= 0.6 is 50.9 Å². The number of rotatable bonds is 6. The van der Waals surface area contributed by atoms with Gasteiger partial charge in [0.25, 0.3) is 0 Å². The number of thioether (sulfide) groups is 1. The quantitative estimate of drug-likeness (QED) is 0.380. The summed E-state index contributed by atoms with van der Waals surface area (Å²) in [5, 5.41) is 15.8. The van der Waals surface area contributed by atoms with Crippen LogP contribution in [0, 0.1) is 17.2 Å². The summed E-state index contributed by atoms with van der Waals surface area (Å²) < 4.78 is 5.54. The Hall–Kier alpha value is -2.51. The Balaban J connectivity index is 1.90. The maximum absolute atomic E-state index is 12.8. The van der Waals surface area contributed by atoms with Crippen molar-refractivity contribution in [2.45, 2.75) is 5.92 Å². The van der Waals surface area contributed by atoms with Gasteiger partial charge in [-0.05, 0) is 29.8 Å². The largest absolute Gasteiger partial charge is 0.468 e. The highest BCUT2D eigenvalue weighted by Crippen LogP contribution is 2.40. The van der Waals surface area contributed by atoms with Crippen molar-refractivity contribution >= 4 is 74.4 Å². The van der Waals surface area contributed by atoms with Gasteiger partial charge in [-0.2, -0.15) is 5.26 Å². The smallest absolute Gasteiger partial charge is 0.319 e. The summed E-state index contributed by atoms with van der Waals surface area (Å²) in [7, 11) is 1.18. The number of nitriles is 1. The Morgan fingerprint density at radius 3 is 2.67 bits per heavy atom. The van der Waals surface area contributed by atoms with Gasteiger partial charge in [0.05, 0.1) is 45.3 Å². The molecular weight excluding hydrogens is 553 g/mol. The van der Waals surface area contributed by atoms with Crippen molar-refractivity contribution in [2.75, 3.05) is 18.2 Å². The van der Waals surface area contributed by atoms with Gasteiger partial charge in [0.1, 0.15) is 5.92 Å². The van der Waals surface area contributed by atoms with E-state index in [1.807, 2.05) is 0 Å². The molecule has 170 valence electrons. The summed E-state index contributed by atoms with van der Waals surface area (Å²) in [5.41, 5.74) is 1.08. The standard InChI is InChI=1S/C22H16BrCl2N3O4S/c1-32-22(31)18-17(11-4-2-5-12(23)8-11)13(9-26)21(28-20(18)30)33-10-16(29)27-15-7-3-6-14(24)19(15)25/h2-8,17-18H,10H2,1H3,(H,27,29)(H,28,30)/t17-,18-/m1/s1. The molecule has 0 saturated carbocycles. The number of carbonyl (C=O) groups is 3. The lowest BCUT2D eigenvalue weighted by atomic mass is 9.78. The first kappa shape index (κ1) is 25.1. The highest BCUT2D eigenvalue weighted by molar-refractivity contribution is 9.10. The third kappa shape index (κ3) is 5.71. The predicted octanol–water partition coefficient (Wildman–Crippen LogP) is 4.87. The van der Waals surface area contributed by atoms with Crippen LogP contribution in [0.25, 0.3) is 0 Å². The Labute approximate surface area is 212 Å². The molecule has 2 aromatic carbocycles. The maximum atomic E-state index is 12.8. The van der Waals surface area contributed by atoms with Gasteiger partial charge < -0.3 is 15.4 Å². The first-order chi connectivity index (χ1) is 15.8. The fourth-order valence-electron chi connectivity index (χ4n) is 3.30. The summed E-state index contributed by atoms with van der Waals surface area (Å²) in [6.07, 6.45) is 0. The number of allylic oxidation sites excluding steroid dienone is 1. The van der Waals surface area contributed by atoms with Crippen molar-refractivity contribution in [2.24, 2.45) is 5.92 Å². The van der Waals surface area contributed by atoms with E-state index in [9.17, 15) is 19.6 Å². The minimum absolute atomic E-state index is 0.127. The van der Waals surface area contributed by atoms with Gasteiger partial charge in [-0.3, -0.25) is 14.4 Å². The Morgan fingerprint density at radius 2 is 2.00 bits per heavy atom. The predicted molar refractivity (Wildman–Crippen MR) is 131 cm³/mol. The average molecular weight is 569 g/mol. The molecule has 0 aliphatic carbocycles. The topological polar surface area (TPSA) is 108 Å². The molecule has 11 heteroatoms. The normalized spacial score (nSPS) is 17.7.